The van der Waals surface area contributed by atoms with Crippen LogP contribution in [-0.4, -0.2) is 17.2 Å². The summed E-state index contributed by atoms with van der Waals surface area (Å²) in [6.45, 7) is 3.74. The van der Waals surface area contributed by atoms with Gasteiger partial charge in [0.25, 0.3) is 0 Å². The fourth-order valence-corrected chi connectivity index (χ4v) is 5.74. The molecule has 4 aliphatic carbocycles. The predicted octanol–water partition coefficient (Wildman–Crippen LogP) is 3.68. The average molecular weight is 326 g/mol. The third-order valence-electron chi connectivity index (χ3n) is 6.41. The number of carbonyl (C=O) groups excluding carboxylic acids is 1. The molecule has 0 heterocycles. The fraction of sp³-hybridized carbons (Fsp3) is 0.600. The molecule has 4 heteroatoms. The van der Waals surface area contributed by atoms with Gasteiger partial charge in [-0.05, 0) is 98.9 Å². The summed E-state index contributed by atoms with van der Waals surface area (Å²) in [5.41, 5.74) is 5.19. The summed E-state index contributed by atoms with van der Waals surface area (Å²) in [6, 6.07) is 3.76. The number of nitrogens with zero attached hydrogens (tertiary/aromatic N) is 1. The summed E-state index contributed by atoms with van der Waals surface area (Å²) < 4.78 is 0. The normalized spacial score (nSPS) is 34.0. The van der Waals surface area contributed by atoms with Gasteiger partial charge in [-0.25, -0.2) is 5.43 Å². The highest BCUT2D eigenvalue weighted by atomic mass is 16.3. The molecule has 4 nitrogen and oxygen atoms in total. The van der Waals surface area contributed by atoms with Crippen LogP contribution in [0.15, 0.2) is 17.2 Å². The quantitative estimate of drug-likeness (QED) is 0.657. The Balaban J connectivity index is 1.45. The van der Waals surface area contributed by atoms with E-state index >= 15 is 0 Å². The molecular weight excluding hydrogens is 300 g/mol. The van der Waals surface area contributed by atoms with Gasteiger partial charge in [0.1, 0.15) is 5.75 Å². The van der Waals surface area contributed by atoms with Crippen molar-refractivity contribution in [2.24, 2.45) is 28.3 Å². The maximum absolute atomic E-state index is 12.8. The second-order valence-corrected chi connectivity index (χ2v) is 8.40. The third-order valence-corrected chi connectivity index (χ3v) is 6.41. The van der Waals surface area contributed by atoms with Gasteiger partial charge < -0.3 is 5.11 Å². The van der Waals surface area contributed by atoms with Gasteiger partial charge in [-0.15, -0.1) is 0 Å². The molecule has 0 saturated heterocycles. The van der Waals surface area contributed by atoms with Crippen molar-refractivity contribution in [2.75, 3.05) is 0 Å². The minimum Gasteiger partial charge on any atom is -0.507 e. The lowest BCUT2D eigenvalue weighted by atomic mass is 9.49. The summed E-state index contributed by atoms with van der Waals surface area (Å²) in [6.07, 6.45) is 8.84. The molecule has 1 aromatic rings. The van der Waals surface area contributed by atoms with Crippen LogP contribution in [0.4, 0.5) is 0 Å². The molecule has 128 valence electrons. The van der Waals surface area contributed by atoms with Crippen LogP contribution >= 0.6 is 0 Å². The molecule has 4 saturated carbocycles. The van der Waals surface area contributed by atoms with Crippen molar-refractivity contribution in [3.63, 3.8) is 0 Å². The molecule has 0 unspecified atom stereocenters. The number of hydrazone groups is 1. The van der Waals surface area contributed by atoms with E-state index in [4.69, 9.17) is 0 Å². The molecule has 0 aromatic heterocycles. The molecule has 5 rings (SSSR count). The van der Waals surface area contributed by atoms with Crippen LogP contribution < -0.4 is 5.43 Å². The van der Waals surface area contributed by atoms with Crippen molar-refractivity contribution >= 4 is 12.1 Å². The second kappa shape index (κ2) is 5.61. The number of benzene rings is 1. The molecule has 4 fully saturated rings. The summed E-state index contributed by atoms with van der Waals surface area (Å²) in [4.78, 5) is 12.8. The Morgan fingerprint density at radius 2 is 1.62 bits per heavy atom. The molecule has 0 radical (unpaired) electrons. The summed E-state index contributed by atoms with van der Waals surface area (Å²) in [5, 5.41) is 14.0. The Kier molecular flexibility index (Phi) is 3.66. The van der Waals surface area contributed by atoms with E-state index in [1.165, 1.54) is 19.3 Å². The highest BCUT2D eigenvalue weighted by Gasteiger charge is 2.54. The molecule has 4 aliphatic rings. The van der Waals surface area contributed by atoms with Crippen molar-refractivity contribution in [2.45, 2.75) is 52.4 Å². The first-order valence-electron chi connectivity index (χ1n) is 9.09. The molecule has 0 atom stereocenters. The Morgan fingerprint density at radius 1 is 1.12 bits per heavy atom. The smallest absolute Gasteiger partial charge is 0.246 e. The Labute approximate surface area is 143 Å². The first kappa shape index (κ1) is 15.7. The number of nitrogens with one attached hydrogen (secondary N) is 1. The van der Waals surface area contributed by atoms with Crippen LogP contribution in [0.3, 0.4) is 0 Å². The standard InChI is InChI=1S/C20H26N2O2/c1-12-3-17(4-13(2)18(12)23)11-21-22-19(24)20-8-14-5-15(9-20)7-16(6-14)10-20/h3-4,11,14-16,23H,5-10H2,1-2H3,(H,22,24)/b21-11+. The van der Waals surface area contributed by atoms with Gasteiger partial charge in [0.2, 0.25) is 5.91 Å². The molecule has 1 amide bonds. The fourth-order valence-electron chi connectivity index (χ4n) is 5.74. The van der Waals surface area contributed by atoms with Crippen molar-refractivity contribution in [3.8, 4) is 5.75 Å². The molecule has 4 bridgehead atoms. The highest BCUT2D eigenvalue weighted by molar-refractivity contribution is 5.86. The second-order valence-electron chi connectivity index (χ2n) is 8.40. The van der Waals surface area contributed by atoms with E-state index in [2.05, 4.69) is 10.5 Å². The predicted molar refractivity (Wildman–Crippen MR) is 93.9 cm³/mol. The molecule has 24 heavy (non-hydrogen) atoms. The topological polar surface area (TPSA) is 61.7 Å². The Morgan fingerprint density at radius 3 is 2.12 bits per heavy atom. The lowest BCUT2D eigenvalue weighted by Gasteiger charge is -2.55. The van der Waals surface area contributed by atoms with Crippen molar-refractivity contribution in [1.29, 1.82) is 0 Å². The summed E-state index contributed by atoms with van der Waals surface area (Å²) >= 11 is 0. The van der Waals surface area contributed by atoms with Gasteiger partial charge in [0.15, 0.2) is 0 Å². The summed E-state index contributed by atoms with van der Waals surface area (Å²) in [7, 11) is 0. The van der Waals surface area contributed by atoms with E-state index in [1.807, 2.05) is 26.0 Å². The molecule has 0 aliphatic heterocycles. The Hall–Kier alpha value is -1.84. The number of carbonyl (C=O) groups is 1. The number of aryl methyl sites for hydroxylation is 2. The molecular formula is C20H26N2O2. The zero-order valence-corrected chi connectivity index (χ0v) is 14.5. The largest absolute Gasteiger partial charge is 0.507 e. The maximum Gasteiger partial charge on any atom is 0.246 e. The molecule has 0 spiro atoms. The van der Waals surface area contributed by atoms with Crippen LogP contribution in [0, 0.1) is 37.0 Å². The third kappa shape index (κ3) is 2.62. The van der Waals surface area contributed by atoms with Crippen molar-refractivity contribution < 1.29 is 9.90 Å². The van der Waals surface area contributed by atoms with Crippen molar-refractivity contribution in [1.82, 2.24) is 5.43 Å². The zero-order chi connectivity index (χ0) is 16.9. The van der Waals surface area contributed by atoms with E-state index in [0.717, 1.165) is 53.7 Å². The SMILES string of the molecule is Cc1cc(/C=N/NC(=O)C23CC4CC(CC(C4)C2)C3)cc(C)c1O. The van der Waals surface area contributed by atoms with Gasteiger partial charge in [0.05, 0.1) is 11.6 Å². The number of hydrogen-bond donors (Lipinski definition) is 2. The van der Waals surface area contributed by atoms with E-state index < -0.39 is 0 Å². The van der Waals surface area contributed by atoms with Crippen molar-refractivity contribution in [3.05, 3.63) is 28.8 Å². The van der Waals surface area contributed by atoms with Gasteiger partial charge in [-0.3, -0.25) is 4.79 Å². The number of aromatic hydroxyl groups is 1. The lowest BCUT2D eigenvalue weighted by molar-refractivity contribution is -0.146. The highest BCUT2D eigenvalue weighted by Crippen LogP contribution is 2.60. The van der Waals surface area contributed by atoms with E-state index in [-0.39, 0.29) is 11.3 Å². The molecule has 2 N–H and O–H groups in total. The number of rotatable bonds is 3. The minimum absolute atomic E-state index is 0.116. The van der Waals surface area contributed by atoms with Crippen LogP contribution in [0.25, 0.3) is 0 Å². The van der Waals surface area contributed by atoms with E-state index in [9.17, 15) is 9.90 Å². The van der Waals surface area contributed by atoms with Gasteiger partial charge >= 0.3 is 0 Å². The lowest BCUT2D eigenvalue weighted by Crippen LogP contribution is -2.52. The molecule has 1 aromatic carbocycles. The number of phenols is 1. The maximum atomic E-state index is 12.8. The number of phenolic OH excluding ortho intramolecular Hbond substituents is 1. The van der Waals surface area contributed by atoms with Crippen LogP contribution in [0.2, 0.25) is 0 Å². The average Bonchev–Trinajstić information content (AvgIpc) is 2.51. The number of amides is 1. The zero-order valence-electron chi connectivity index (χ0n) is 14.5. The number of hydrogen-bond acceptors (Lipinski definition) is 3. The minimum atomic E-state index is -0.160. The van der Waals surface area contributed by atoms with E-state index in [0.29, 0.717) is 5.75 Å². The van der Waals surface area contributed by atoms with Crippen LogP contribution in [0.5, 0.6) is 5.75 Å². The summed E-state index contributed by atoms with van der Waals surface area (Å²) in [5.74, 6) is 2.71. The van der Waals surface area contributed by atoms with Crippen LogP contribution in [-0.2, 0) is 4.79 Å². The first-order valence-corrected chi connectivity index (χ1v) is 9.09. The van der Waals surface area contributed by atoms with Gasteiger partial charge in [0, 0.05) is 0 Å². The van der Waals surface area contributed by atoms with Crippen LogP contribution in [0.1, 0.15) is 55.2 Å². The monoisotopic (exact) mass is 326 g/mol. The van der Waals surface area contributed by atoms with E-state index in [1.54, 1.807) is 6.21 Å². The van der Waals surface area contributed by atoms with Gasteiger partial charge in [-0.2, -0.15) is 5.10 Å². The Bertz CT molecular complexity index is 649. The van der Waals surface area contributed by atoms with Gasteiger partial charge in [-0.1, -0.05) is 0 Å². The first-order chi connectivity index (χ1) is 11.4.